The van der Waals surface area contributed by atoms with E-state index in [1.807, 2.05) is 26.0 Å². The van der Waals surface area contributed by atoms with Crippen molar-refractivity contribution >= 4 is 17.5 Å². The van der Waals surface area contributed by atoms with Crippen LogP contribution in [0.2, 0.25) is 0 Å². The van der Waals surface area contributed by atoms with Crippen molar-refractivity contribution in [2.24, 2.45) is 0 Å². The molecule has 1 atom stereocenters. The molecule has 114 valence electrons. The van der Waals surface area contributed by atoms with E-state index in [2.05, 4.69) is 16.7 Å². The Morgan fingerprint density at radius 3 is 2.76 bits per heavy atom. The molecule has 0 saturated heterocycles. The number of nitrogens with one attached hydrogen (secondary N) is 2. The van der Waals surface area contributed by atoms with Crippen LogP contribution in [0, 0.1) is 0 Å². The minimum absolute atomic E-state index is 0.0762. The summed E-state index contributed by atoms with van der Waals surface area (Å²) >= 11 is 0. The van der Waals surface area contributed by atoms with E-state index in [9.17, 15) is 9.59 Å². The SMILES string of the molecule is CCCC(=O)Nc1cccc2c1CCC(NC(=O)CC)C2. The second-order valence-electron chi connectivity index (χ2n) is 5.60. The molecular weight excluding hydrogens is 264 g/mol. The lowest BCUT2D eigenvalue weighted by atomic mass is 9.87. The number of amides is 2. The molecule has 0 aromatic heterocycles. The molecular formula is C17H24N2O2. The minimum Gasteiger partial charge on any atom is -0.353 e. The number of fused-ring (bicyclic) bond motifs is 1. The Morgan fingerprint density at radius 1 is 1.24 bits per heavy atom. The molecule has 1 unspecified atom stereocenters. The van der Waals surface area contributed by atoms with Crippen molar-refractivity contribution in [3.63, 3.8) is 0 Å². The second kappa shape index (κ2) is 7.25. The molecule has 0 saturated carbocycles. The highest BCUT2D eigenvalue weighted by molar-refractivity contribution is 5.91. The van der Waals surface area contributed by atoms with Crippen molar-refractivity contribution in [2.45, 2.75) is 58.4 Å². The Morgan fingerprint density at radius 2 is 2.05 bits per heavy atom. The predicted molar refractivity (Wildman–Crippen MR) is 84.2 cm³/mol. The summed E-state index contributed by atoms with van der Waals surface area (Å²) in [4.78, 5) is 23.3. The number of carbonyl (C=O) groups excluding carboxylic acids is 2. The first kappa shape index (κ1) is 15.5. The number of hydrogen-bond donors (Lipinski definition) is 2. The van der Waals surface area contributed by atoms with Crippen LogP contribution in [0.5, 0.6) is 0 Å². The summed E-state index contributed by atoms with van der Waals surface area (Å²) in [5, 5.41) is 6.08. The molecule has 1 aliphatic carbocycles. The molecule has 0 radical (unpaired) electrons. The van der Waals surface area contributed by atoms with Crippen LogP contribution >= 0.6 is 0 Å². The van der Waals surface area contributed by atoms with E-state index >= 15 is 0 Å². The quantitative estimate of drug-likeness (QED) is 0.875. The largest absolute Gasteiger partial charge is 0.353 e. The van der Waals surface area contributed by atoms with Crippen molar-refractivity contribution in [3.05, 3.63) is 29.3 Å². The highest BCUT2D eigenvalue weighted by Gasteiger charge is 2.22. The first-order chi connectivity index (χ1) is 10.1. The number of carbonyl (C=O) groups is 2. The number of rotatable bonds is 5. The van der Waals surface area contributed by atoms with E-state index in [0.29, 0.717) is 12.8 Å². The molecule has 4 nitrogen and oxygen atoms in total. The maximum absolute atomic E-state index is 11.8. The van der Waals surface area contributed by atoms with Crippen molar-refractivity contribution in [1.82, 2.24) is 5.32 Å². The van der Waals surface area contributed by atoms with Gasteiger partial charge in [-0.05, 0) is 42.9 Å². The van der Waals surface area contributed by atoms with Gasteiger partial charge in [-0.3, -0.25) is 9.59 Å². The smallest absolute Gasteiger partial charge is 0.224 e. The monoisotopic (exact) mass is 288 g/mol. The van der Waals surface area contributed by atoms with Crippen LogP contribution in [0.4, 0.5) is 5.69 Å². The number of benzene rings is 1. The zero-order valence-electron chi connectivity index (χ0n) is 12.9. The molecule has 2 N–H and O–H groups in total. The second-order valence-corrected chi connectivity index (χ2v) is 5.60. The third-order valence-corrected chi connectivity index (χ3v) is 3.92. The van der Waals surface area contributed by atoms with E-state index < -0.39 is 0 Å². The van der Waals surface area contributed by atoms with Gasteiger partial charge in [-0.2, -0.15) is 0 Å². The van der Waals surface area contributed by atoms with Crippen LogP contribution in [-0.4, -0.2) is 17.9 Å². The van der Waals surface area contributed by atoms with Gasteiger partial charge in [0.25, 0.3) is 0 Å². The van der Waals surface area contributed by atoms with Crippen molar-refractivity contribution in [1.29, 1.82) is 0 Å². The highest BCUT2D eigenvalue weighted by atomic mass is 16.2. The van der Waals surface area contributed by atoms with Crippen LogP contribution in [0.3, 0.4) is 0 Å². The normalized spacial score (nSPS) is 17.0. The number of hydrogen-bond acceptors (Lipinski definition) is 2. The first-order valence-electron chi connectivity index (χ1n) is 7.84. The lowest BCUT2D eigenvalue weighted by molar-refractivity contribution is -0.121. The maximum Gasteiger partial charge on any atom is 0.224 e. The van der Waals surface area contributed by atoms with Gasteiger partial charge in [-0.1, -0.05) is 26.0 Å². The van der Waals surface area contributed by atoms with Gasteiger partial charge in [0.2, 0.25) is 11.8 Å². The lowest BCUT2D eigenvalue weighted by Gasteiger charge is -2.27. The van der Waals surface area contributed by atoms with Gasteiger partial charge >= 0.3 is 0 Å². The molecule has 0 aliphatic heterocycles. The van der Waals surface area contributed by atoms with E-state index in [-0.39, 0.29) is 17.9 Å². The molecule has 0 heterocycles. The zero-order valence-corrected chi connectivity index (χ0v) is 12.9. The van der Waals surface area contributed by atoms with Gasteiger partial charge in [-0.25, -0.2) is 0 Å². The number of anilines is 1. The Hall–Kier alpha value is -1.84. The van der Waals surface area contributed by atoms with Crippen molar-refractivity contribution in [3.8, 4) is 0 Å². The first-order valence-corrected chi connectivity index (χ1v) is 7.84. The van der Waals surface area contributed by atoms with E-state index in [0.717, 1.165) is 31.4 Å². The molecule has 4 heteroatoms. The van der Waals surface area contributed by atoms with Crippen LogP contribution < -0.4 is 10.6 Å². The van der Waals surface area contributed by atoms with Crippen LogP contribution in [-0.2, 0) is 22.4 Å². The fourth-order valence-corrected chi connectivity index (χ4v) is 2.82. The van der Waals surface area contributed by atoms with Crippen molar-refractivity contribution < 1.29 is 9.59 Å². The lowest BCUT2D eigenvalue weighted by Crippen LogP contribution is -2.38. The summed E-state index contributed by atoms with van der Waals surface area (Å²) in [5.74, 6) is 0.183. The summed E-state index contributed by atoms with van der Waals surface area (Å²) in [7, 11) is 0. The maximum atomic E-state index is 11.8. The van der Waals surface area contributed by atoms with Gasteiger partial charge in [0.05, 0.1) is 0 Å². The third-order valence-electron chi connectivity index (χ3n) is 3.92. The van der Waals surface area contributed by atoms with Gasteiger partial charge in [0.1, 0.15) is 0 Å². The van der Waals surface area contributed by atoms with Gasteiger partial charge in [0, 0.05) is 24.6 Å². The Balaban J connectivity index is 2.08. The Bertz CT molecular complexity index is 526. The Labute approximate surface area is 126 Å². The van der Waals surface area contributed by atoms with Gasteiger partial charge in [0.15, 0.2) is 0 Å². The van der Waals surface area contributed by atoms with E-state index in [1.165, 1.54) is 11.1 Å². The average molecular weight is 288 g/mol. The molecule has 0 spiro atoms. The summed E-state index contributed by atoms with van der Waals surface area (Å²) in [6, 6.07) is 6.25. The van der Waals surface area contributed by atoms with Gasteiger partial charge < -0.3 is 10.6 Å². The zero-order chi connectivity index (χ0) is 15.2. The van der Waals surface area contributed by atoms with Crippen LogP contribution in [0.1, 0.15) is 50.7 Å². The average Bonchev–Trinajstić information content (AvgIpc) is 2.47. The topological polar surface area (TPSA) is 58.2 Å². The molecule has 1 aromatic carbocycles. The van der Waals surface area contributed by atoms with E-state index in [1.54, 1.807) is 0 Å². The highest BCUT2D eigenvalue weighted by Crippen LogP contribution is 2.28. The standard InChI is InChI=1S/C17H24N2O2/c1-3-6-17(21)19-15-8-5-7-12-11-13(9-10-14(12)15)18-16(20)4-2/h5,7-8,13H,3-4,6,9-11H2,1-2H3,(H,18,20)(H,19,21). The fraction of sp³-hybridized carbons (Fsp3) is 0.529. The molecule has 0 bridgehead atoms. The molecule has 0 fully saturated rings. The predicted octanol–water partition coefficient (Wildman–Crippen LogP) is 2.81. The van der Waals surface area contributed by atoms with Crippen molar-refractivity contribution in [2.75, 3.05) is 5.32 Å². The van der Waals surface area contributed by atoms with Crippen LogP contribution in [0.15, 0.2) is 18.2 Å². The fourth-order valence-electron chi connectivity index (χ4n) is 2.82. The molecule has 2 rings (SSSR count). The molecule has 1 aliphatic rings. The molecule has 2 amide bonds. The third kappa shape index (κ3) is 4.06. The van der Waals surface area contributed by atoms with Crippen LogP contribution in [0.25, 0.3) is 0 Å². The molecule has 1 aromatic rings. The summed E-state index contributed by atoms with van der Waals surface area (Å²) in [6.07, 6.45) is 4.60. The molecule has 21 heavy (non-hydrogen) atoms. The summed E-state index contributed by atoms with van der Waals surface area (Å²) in [6.45, 7) is 3.87. The summed E-state index contributed by atoms with van der Waals surface area (Å²) in [5.41, 5.74) is 3.40. The van der Waals surface area contributed by atoms with Gasteiger partial charge in [-0.15, -0.1) is 0 Å². The van der Waals surface area contributed by atoms with E-state index in [4.69, 9.17) is 0 Å². The summed E-state index contributed by atoms with van der Waals surface area (Å²) < 4.78 is 0. The Kier molecular flexibility index (Phi) is 5.37. The minimum atomic E-state index is 0.0762.